The molecule has 0 fully saturated rings. The number of fused-ring (bicyclic) bond motifs is 1. The molecule has 2 aromatic rings. The summed E-state index contributed by atoms with van der Waals surface area (Å²) in [6, 6.07) is 11.5. The van der Waals surface area contributed by atoms with Gasteiger partial charge < -0.3 is 15.4 Å². The fraction of sp³-hybridized carbons (Fsp3) is 0.250. The molecule has 2 aromatic carbocycles. The lowest BCUT2D eigenvalue weighted by Crippen LogP contribution is -2.37. The van der Waals surface area contributed by atoms with Crippen LogP contribution in [0.4, 0.5) is 11.4 Å². The number of hydrogen-bond acceptors (Lipinski definition) is 3. The quantitative estimate of drug-likeness (QED) is 0.835. The number of rotatable bonds is 2. The fourth-order valence-electron chi connectivity index (χ4n) is 2.56. The molecule has 110 valence electrons. The van der Waals surface area contributed by atoms with E-state index in [0.29, 0.717) is 15.7 Å². The fourth-order valence-corrected chi connectivity index (χ4v) is 2.88. The molecule has 0 amide bonds. The van der Waals surface area contributed by atoms with Gasteiger partial charge in [-0.1, -0.05) is 29.3 Å². The average molecular weight is 323 g/mol. The highest BCUT2D eigenvalue weighted by Gasteiger charge is 2.23. The van der Waals surface area contributed by atoms with Gasteiger partial charge >= 0.3 is 0 Å². The maximum absolute atomic E-state index is 6.09. The van der Waals surface area contributed by atoms with Crippen LogP contribution in [0.2, 0.25) is 10.0 Å². The Hall–Kier alpha value is -1.58. The lowest BCUT2D eigenvalue weighted by atomic mass is 10.1. The maximum atomic E-state index is 6.09. The Labute approximate surface area is 134 Å². The van der Waals surface area contributed by atoms with Crippen molar-refractivity contribution in [1.29, 1.82) is 0 Å². The van der Waals surface area contributed by atoms with Gasteiger partial charge in [0.1, 0.15) is 11.9 Å². The zero-order valence-corrected chi connectivity index (χ0v) is 13.2. The van der Waals surface area contributed by atoms with Gasteiger partial charge in [-0.15, -0.1) is 0 Å². The van der Waals surface area contributed by atoms with E-state index in [4.69, 9.17) is 33.7 Å². The number of nitrogens with zero attached hydrogens (tertiary/aromatic N) is 1. The SMILES string of the molecule is CC1CN(Cc2ccc(Cl)c(Cl)c2)c2ccc(N)cc2O1. The molecule has 0 saturated carbocycles. The first kappa shape index (κ1) is 14.4. The molecule has 0 radical (unpaired) electrons. The molecule has 1 aliphatic heterocycles. The maximum Gasteiger partial charge on any atom is 0.145 e. The number of halogens is 2. The lowest BCUT2D eigenvalue weighted by Gasteiger charge is -2.35. The first-order chi connectivity index (χ1) is 10.0. The largest absolute Gasteiger partial charge is 0.487 e. The summed E-state index contributed by atoms with van der Waals surface area (Å²) in [4.78, 5) is 2.27. The number of hydrogen-bond donors (Lipinski definition) is 1. The zero-order chi connectivity index (χ0) is 15.0. The molecule has 5 heteroatoms. The van der Waals surface area contributed by atoms with Crippen LogP contribution in [0.5, 0.6) is 5.75 Å². The van der Waals surface area contributed by atoms with Crippen LogP contribution in [0.1, 0.15) is 12.5 Å². The van der Waals surface area contributed by atoms with Crippen molar-refractivity contribution in [3.63, 3.8) is 0 Å². The third-order valence-electron chi connectivity index (χ3n) is 3.49. The van der Waals surface area contributed by atoms with Gasteiger partial charge in [0.15, 0.2) is 0 Å². The summed E-state index contributed by atoms with van der Waals surface area (Å²) in [6.45, 7) is 3.62. The summed E-state index contributed by atoms with van der Waals surface area (Å²) >= 11 is 12.1. The van der Waals surface area contributed by atoms with Gasteiger partial charge in [0.05, 0.1) is 22.3 Å². The van der Waals surface area contributed by atoms with Gasteiger partial charge in [-0.05, 0) is 36.8 Å². The molecule has 0 aliphatic carbocycles. The minimum absolute atomic E-state index is 0.113. The Morgan fingerprint density at radius 2 is 2.00 bits per heavy atom. The van der Waals surface area contributed by atoms with Crippen molar-refractivity contribution in [1.82, 2.24) is 0 Å². The summed E-state index contributed by atoms with van der Waals surface area (Å²) in [6.07, 6.45) is 0.113. The van der Waals surface area contributed by atoms with E-state index in [1.54, 1.807) is 0 Å². The number of ether oxygens (including phenoxy) is 1. The van der Waals surface area contributed by atoms with Gasteiger partial charge in [-0.3, -0.25) is 0 Å². The first-order valence-corrected chi connectivity index (χ1v) is 7.53. The van der Waals surface area contributed by atoms with Crippen LogP contribution in [0.3, 0.4) is 0 Å². The van der Waals surface area contributed by atoms with Gasteiger partial charge in [0, 0.05) is 18.3 Å². The molecule has 0 bridgehead atoms. The number of nitrogen functional groups attached to an aromatic ring is 1. The van der Waals surface area contributed by atoms with Crippen LogP contribution in [0.15, 0.2) is 36.4 Å². The Morgan fingerprint density at radius 3 is 2.76 bits per heavy atom. The Bertz CT molecular complexity index is 675. The lowest BCUT2D eigenvalue weighted by molar-refractivity contribution is 0.212. The normalized spacial score (nSPS) is 17.3. The number of nitrogens with two attached hydrogens (primary N) is 1. The average Bonchev–Trinajstić information content (AvgIpc) is 2.42. The van der Waals surface area contributed by atoms with E-state index in [1.807, 2.05) is 43.3 Å². The van der Waals surface area contributed by atoms with E-state index >= 15 is 0 Å². The second kappa shape index (κ2) is 5.66. The summed E-state index contributed by atoms with van der Waals surface area (Å²) in [7, 11) is 0. The molecule has 1 aliphatic rings. The molecule has 1 heterocycles. The van der Waals surface area contributed by atoms with Crippen LogP contribution in [-0.4, -0.2) is 12.6 Å². The predicted octanol–water partition coefficient (Wildman–Crippen LogP) is 4.36. The Morgan fingerprint density at radius 1 is 1.19 bits per heavy atom. The molecule has 0 saturated heterocycles. The van der Waals surface area contributed by atoms with Gasteiger partial charge in [-0.25, -0.2) is 0 Å². The van der Waals surface area contributed by atoms with E-state index in [-0.39, 0.29) is 6.10 Å². The van der Waals surface area contributed by atoms with Crippen LogP contribution in [-0.2, 0) is 6.54 Å². The highest BCUT2D eigenvalue weighted by atomic mass is 35.5. The van der Waals surface area contributed by atoms with Crippen molar-refractivity contribution in [2.45, 2.75) is 19.6 Å². The molecule has 0 spiro atoms. The summed E-state index contributed by atoms with van der Waals surface area (Å²) in [5.41, 5.74) is 8.70. The van der Waals surface area contributed by atoms with Crippen molar-refractivity contribution in [3.8, 4) is 5.75 Å². The predicted molar refractivity (Wildman–Crippen MR) is 88.5 cm³/mol. The van der Waals surface area contributed by atoms with E-state index in [0.717, 1.165) is 30.1 Å². The van der Waals surface area contributed by atoms with Crippen LogP contribution in [0, 0.1) is 0 Å². The van der Waals surface area contributed by atoms with E-state index in [1.165, 1.54) is 0 Å². The third-order valence-corrected chi connectivity index (χ3v) is 4.23. The highest BCUT2D eigenvalue weighted by molar-refractivity contribution is 6.42. The minimum Gasteiger partial charge on any atom is -0.487 e. The van der Waals surface area contributed by atoms with Gasteiger partial charge in [0.25, 0.3) is 0 Å². The molecule has 3 rings (SSSR count). The van der Waals surface area contributed by atoms with Gasteiger partial charge in [0.2, 0.25) is 0 Å². The third kappa shape index (κ3) is 3.04. The Kier molecular flexibility index (Phi) is 3.87. The van der Waals surface area contributed by atoms with Gasteiger partial charge in [-0.2, -0.15) is 0 Å². The minimum atomic E-state index is 0.113. The van der Waals surface area contributed by atoms with Crippen LogP contribution in [0.25, 0.3) is 0 Å². The second-order valence-corrected chi connectivity index (χ2v) is 6.10. The standard InChI is InChI=1S/C16H16Cl2N2O/c1-10-8-20(9-11-2-4-13(17)14(18)6-11)15-5-3-12(19)7-16(15)21-10/h2-7,10H,8-9,19H2,1H3. The molecular weight excluding hydrogens is 307 g/mol. The van der Waals surface area contributed by atoms with Crippen molar-refractivity contribution in [2.24, 2.45) is 0 Å². The van der Waals surface area contributed by atoms with Crippen molar-refractivity contribution >= 4 is 34.6 Å². The van der Waals surface area contributed by atoms with Crippen LogP contribution < -0.4 is 15.4 Å². The highest BCUT2D eigenvalue weighted by Crippen LogP contribution is 2.36. The van der Waals surface area contributed by atoms with Crippen molar-refractivity contribution in [2.75, 3.05) is 17.2 Å². The number of benzene rings is 2. The van der Waals surface area contributed by atoms with E-state index < -0.39 is 0 Å². The first-order valence-electron chi connectivity index (χ1n) is 6.78. The van der Waals surface area contributed by atoms with Crippen LogP contribution >= 0.6 is 23.2 Å². The monoisotopic (exact) mass is 322 g/mol. The topological polar surface area (TPSA) is 38.5 Å². The molecule has 3 nitrogen and oxygen atoms in total. The molecule has 0 aromatic heterocycles. The molecule has 2 N–H and O–H groups in total. The number of anilines is 2. The molecule has 1 unspecified atom stereocenters. The molecule has 21 heavy (non-hydrogen) atoms. The smallest absolute Gasteiger partial charge is 0.145 e. The second-order valence-electron chi connectivity index (χ2n) is 5.28. The van der Waals surface area contributed by atoms with E-state index in [2.05, 4.69) is 4.90 Å². The summed E-state index contributed by atoms with van der Waals surface area (Å²) in [5, 5.41) is 1.15. The summed E-state index contributed by atoms with van der Waals surface area (Å²) < 4.78 is 5.85. The van der Waals surface area contributed by atoms with Crippen molar-refractivity contribution < 1.29 is 4.74 Å². The van der Waals surface area contributed by atoms with E-state index in [9.17, 15) is 0 Å². The zero-order valence-electron chi connectivity index (χ0n) is 11.6. The van der Waals surface area contributed by atoms with Crippen molar-refractivity contribution in [3.05, 3.63) is 52.0 Å². The Balaban J connectivity index is 1.90. The molecular formula is C16H16Cl2N2O. The summed E-state index contributed by atoms with van der Waals surface area (Å²) in [5.74, 6) is 0.828. The molecule has 1 atom stereocenters.